The van der Waals surface area contributed by atoms with E-state index in [9.17, 15) is 9.59 Å². The van der Waals surface area contributed by atoms with Gasteiger partial charge in [0.05, 0.1) is 12.2 Å². The van der Waals surface area contributed by atoms with Gasteiger partial charge in [-0.3, -0.25) is 4.79 Å². The van der Waals surface area contributed by atoms with Gasteiger partial charge in [-0.25, -0.2) is 14.0 Å². The van der Waals surface area contributed by atoms with Gasteiger partial charge in [-0.05, 0) is 23.6 Å². The normalized spacial score (nSPS) is 11.8. The molecule has 0 unspecified atom stereocenters. The Morgan fingerprint density at radius 2 is 1.75 bits per heavy atom. The van der Waals surface area contributed by atoms with Crippen LogP contribution < -0.4 is 11.2 Å². The van der Waals surface area contributed by atoms with Crippen LogP contribution in [0.25, 0.3) is 5.69 Å². The van der Waals surface area contributed by atoms with Crippen molar-refractivity contribution in [3.8, 4) is 5.69 Å². The number of rotatable bonds is 4. The van der Waals surface area contributed by atoms with E-state index in [0.29, 0.717) is 17.3 Å². The van der Waals surface area contributed by atoms with Gasteiger partial charge < -0.3 is 0 Å². The second-order valence-corrected chi connectivity index (χ2v) is 7.24. The van der Waals surface area contributed by atoms with Crippen LogP contribution in [0.3, 0.4) is 0 Å². The van der Waals surface area contributed by atoms with Gasteiger partial charge in [-0.15, -0.1) is 6.58 Å². The van der Waals surface area contributed by atoms with E-state index in [2.05, 4.69) is 25.5 Å². The first-order valence-electron chi connectivity index (χ1n) is 8.12. The summed E-state index contributed by atoms with van der Waals surface area (Å²) in [5, 5.41) is 4.26. The van der Waals surface area contributed by atoms with Gasteiger partial charge in [0.2, 0.25) is 0 Å². The fourth-order valence-corrected chi connectivity index (χ4v) is 2.46. The SMILES string of the molecule is C=CCn1nc(C(C)(C)C)c(=O)n(-c2ccc(C(C)C)cc2)c1=O. The maximum atomic E-state index is 12.9. The van der Waals surface area contributed by atoms with Crippen LogP contribution in [0.2, 0.25) is 0 Å². The molecule has 0 atom stereocenters. The van der Waals surface area contributed by atoms with E-state index in [0.717, 1.165) is 5.56 Å². The lowest BCUT2D eigenvalue weighted by Gasteiger charge is -2.19. The molecule has 0 aliphatic carbocycles. The van der Waals surface area contributed by atoms with Gasteiger partial charge in [0.15, 0.2) is 0 Å². The minimum atomic E-state index is -0.465. The predicted molar refractivity (Wildman–Crippen MR) is 97.1 cm³/mol. The third-order valence-electron chi connectivity index (χ3n) is 3.87. The zero-order valence-electron chi connectivity index (χ0n) is 15.0. The van der Waals surface area contributed by atoms with Crippen molar-refractivity contribution in [3.63, 3.8) is 0 Å². The smallest absolute Gasteiger partial charge is 0.267 e. The summed E-state index contributed by atoms with van der Waals surface area (Å²) in [5.74, 6) is 0.385. The van der Waals surface area contributed by atoms with E-state index in [1.54, 1.807) is 6.08 Å². The second-order valence-electron chi connectivity index (χ2n) is 7.24. The number of hydrogen-bond acceptors (Lipinski definition) is 3. The van der Waals surface area contributed by atoms with Gasteiger partial charge in [0, 0.05) is 5.41 Å². The minimum absolute atomic E-state index is 0.256. The molecule has 5 heteroatoms. The molecule has 2 aromatic rings. The van der Waals surface area contributed by atoms with Crippen LogP contribution in [-0.2, 0) is 12.0 Å². The Hall–Kier alpha value is -2.43. The van der Waals surface area contributed by atoms with Crippen molar-refractivity contribution in [2.45, 2.75) is 52.5 Å². The number of hydrogen-bond donors (Lipinski definition) is 0. The van der Waals surface area contributed by atoms with Crippen LogP contribution in [0, 0.1) is 0 Å². The highest BCUT2D eigenvalue weighted by atomic mass is 16.2. The molecule has 0 radical (unpaired) electrons. The summed E-state index contributed by atoms with van der Waals surface area (Å²) < 4.78 is 2.48. The molecule has 0 N–H and O–H groups in total. The van der Waals surface area contributed by atoms with Gasteiger partial charge in [-0.2, -0.15) is 5.10 Å². The van der Waals surface area contributed by atoms with Gasteiger partial charge >= 0.3 is 5.69 Å². The molecule has 1 heterocycles. The molecular weight excluding hydrogens is 302 g/mol. The van der Waals surface area contributed by atoms with Gasteiger partial charge in [-0.1, -0.05) is 52.8 Å². The molecule has 0 saturated heterocycles. The van der Waals surface area contributed by atoms with Crippen molar-refractivity contribution in [2.75, 3.05) is 0 Å². The molecule has 0 aliphatic rings. The van der Waals surface area contributed by atoms with Crippen molar-refractivity contribution in [1.29, 1.82) is 0 Å². The molecule has 0 aliphatic heterocycles. The third kappa shape index (κ3) is 3.40. The van der Waals surface area contributed by atoms with E-state index in [-0.39, 0.29) is 12.1 Å². The molecule has 0 bridgehead atoms. The third-order valence-corrected chi connectivity index (χ3v) is 3.87. The van der Waals surface area contributed by atoms with Gasteiger partial charge in [0.25, 0.3) is 5.56 Å². The van der Waals surface area contributed by atoms with Crippen molar-refractivity contribution in [2.24, 2.45) is 0 Å². The summed E-state index contributed by atoms with van der Waals surface area (Å²) in [4.78, 5) is 25.6. The Balaban J connectivity index is 2.76. The zero-order chi connectivity index (χ0) is 18.1. The van der Waals surface area contributed by atoms with Gasteiger partial charge in [0.1, 0.15) is 5.69 Å². The summed E-state index contributed by atoms with van der Waals surface area (Å²) in [6.07, 6.45) is 1.59. The maximum Gasteiger partial charge on any atom is 0.352 e. The molecule has 5 nitrogen and oxygen atoms in total. The number of nitrogens with zero attached hydrogens (tertiary/aromatic N) is 3. The molecule has 24 heavy (non-hydrogen) atoms. The fourth-order valence-electron chi connectivity index (χ4n) is 2.46. The minimum Gasteiger partial charge on any atom is -0.267 e. The predicted octanol–water partition coefficient (Wildman–Crippen LogP) is 3.00. The molecule has 128 valence electrons. The molecule has 1 aromatic carbocycles. The van der Waals surface area contributed by atoms with E-state index in [1.165, 1.54) is 9.25 Å². The van der Waals surface area contributed by atoms with E-state index in [4.69, 9.17) is 0 Å². The maximum absolute atomic E-state index is 12.9. The molecule has 1 aromatic heterocycles. The Morgan fingerprint density at radius 1 is 1.17 bits per heavy atom. The lowest BCUT2D eigenvalue weighted by molar-refractivity contribution is 0.486. The van der Waals surface area contributed by atoms with E-state index >= 15 is 0 Å². The lowest BCUT2D eigenvalue weighted by atomic mass is 9.92. The molecule has 0 spiro atoms. The average Bonchev–Trinajstić information content (AvgIpc) is 2.49. The molecule has 0 fully saturated rings. The fraction of sp³-hybridized carbons (Fsp3) is 0.421. The lowest BCUT2D eigenvalue weighted by Crippen LogP contribution is -2.45. The molecule has 0 saturated carbocycles. The van der Waals surface area contributed by atoms with Crippen molar-refractivity contribution in [3.05, 3.63) is 69.0 Å². The van der Waals surface area contributed by atoms with E-state index in [1.807, 2.05) is 45.0 Å². The topological polar surface area (TPSA) is 56.9 Å². The second kappa shape index (κ2) is 6.59. The van der Waals surface area contributed by atoms with Crippen LogP contribution in [0.1, 0.15) is 51.8 Å². The molecular formula is C19H25N3O2. The van der Waals surface area contributed by atoms with Crippen LogP contribution >= 0.6 is 0 Å². The van der Waals surface area contributed by atoms with Crippen LogP contribution in [0.4, 0.5) is 0 Å². The highest BCUT2D eigenvalue weighted by molar-refractivity contribution is 5.36. The highest BCUT2D eigenvalue weighted by Gasteiger charge is 2.24. The Kier molecular flexibility index (Phi) is 4.92. The van der Waals surface area contributed by atoms with Crippen molar-refractivity contribution < 1.29 is 0 Å². The van der Waals surface area contributed by atoms with Crippen LogP contribution in [0.5, 0.6) is 0 Å². The Bertz CT molecular complexity index is 850. The first kappa shape index (κ1) is 17.9. The number of benzene rings is 1. The highest BCUT2D eigenvalue weighted by Crippen LogP contribution is 2.18. The number of aromatic nitrogens is 3. The monoisotopic (exact) mass is 327 g/mol. The Morgan fingerprint density at radius 3 is 2.21 bits per heavy atom. The standard InChI is InChI=1S/C19H25N3O2/c1-7-12-21-18(24)22(17(23)16(20-21)19(4,5)6)15-10-8-14(9-11-15)13(2)3/h7-11,13H,1,12H2,2-6H3. The summed E-state index contributed by atoms with van der Waals surface area (Å²) in [7, 11) is 0. The van der Waals surface area contributed by atoms with Crippen molar-refractivity contribution >= 4 is 0 Å². The number of allylic oxidation sites excluding steroid dienone is 1. The Labute approximate surface area is 142 Å². The molecule has 2 rings (SSSR count). The molecule has 0 amide bonds. The van der Waals surface area contributed by atoms with Crippen molar-refractivity contribution in [1.82, 2.24) is 14.3 Å². The first-order valence-corrected chi connectivity index (χ1v) is 8.12. The zero-order valence-corrected chi connectivity index (χ0v) is 15.0. The van der Waals surface area contributed by atoms with Crippen LogP contribution in [0.15, 0.2) is 46.5 Å². The summed E-state index contributed by atoms with van der Waals surface area (Å²) in [6.45, 7) is 13.8. The summed E-state index contributed by atoms with van der Waals surface area (Å²) >= 11 is 0. The first-order chi connectivity index (χ1) is 11.2. The summed E-state index contributed by atoms with van der Waals surface area (Å²) in [5.41, 5.74) is 0.781. The van der Waals surface area contributed by atoms with E-state index < -0.39 is 11.1 Å². The quantitative estimate of drug-likeness (QED) is 0.811. The summed E-state index contributed by atoms with van der Waals surface area (Å²) in [6, 6.07) is 7.51. The van der Waals surface area contributed by atoms with Crippen LogP contribution in [-0.4, -0.2) is 14.3 Å². The average molecular weight is 327 g/mol. The largest absolute Gasteiger partial charge is 0.352 e.